The highest BCUT2D eigenvalue weighted by molar-refractivity contribution is 9.10. The van der Waals surface area contributed by atoms with E-state index in [-0.39, 0.29) is 12.2 Å². The summed E-state index contributed by atoms with van der Waals surface area (Å²) in [7, 11) is 1.33. The molecule has 0 amide bonds. The van der Waals surface area contributed by atoms with E-state index in [4.69, 9.17) is 13.9 Å². The number of carbonyl (C=O) groups excluding carboxylic acids is 2. The van der Waals surface area contributed by atoms with Crippen molar-refractivity contribution in [3.8, 4) is 11.3 Å². The third kappa shape index (κ3) is 5.17. The fourth-order valence-electron chi connectivity index (χ4n) is 4.36. The molecule has 0 unspecified atom stereocenters. The molecule has 1 aliphatic heterocycles. The number of furan rings is 1. The summed E-state index contributed by atoms with van der Waals surface area (Å²) >= 11 is 4.67. The minimum atomic E-state index is -0.684. The molecule has 0 saturated heterocycles. The monoisotopic (exact) mass is 606 g/mol. The Morgan fingerprint density at radius 1 is 1.08 bits per heavy atom. The molecule has 2 aromatic heterocycles. The number of rotatable bonds is 6. The van der Waals surface area contributed by atoms with Gasteiger partial charge in [0.05, 0.1) is 41.1 Å². The van der Waals surface area contributed by atoms with Gasteiger partial charge in [0.2, 0.25) is 0 Å². The molecule has 4 aromatic rings. The van der Waals surface area contributed by atoms with E-state index < -0.39 is 18.0 Å². The van der Waals surface area contributed by atoms with Gasteiger partial charge in [-0.15, -0.1) is 0 Å². The number of ether oxygens (including phenoxy) is 2. The molecular formula is C29H23BrN2O6S. The Labute approximate surface area is 235 Å². The van der Waals surface area contributed by atoms with Crippen molar-refractivity contribution in [2.75, 3.05) is 13.7 Å². The van der Waals surface area contributed by atoms with Gasteiger partial charge in [0.15, 0.2) is 4.80 Å². The standard InChI is InChI=1S/C29H23BrN2O6S/c1-4-37-28(35)24-16(2)31-29-32(25(24)18-9-11-20(30)12-10-18)26(33)23(39-29)15-21-13-14-22(38-21)17-5-7-19(8-6-17)27(34)36-3/h5-15,25H,4H2,1-3H3/b23-15-/t25-/m1/s1. The number of benzene rings is 2. The van der Waals surface area contributed by atoms with Gasteiger partial charge in [0.1, 0.15) is 11.5 Å². The third-order valence-corrected chi connectivity index (χ3v) is 7.71. The summed E-state index contributed by atoms with van der Waals surface area (Å²) in [6, 6.07) is 17.2. The minimum absolute atomic E-state index is 0.208. The largest absolute Gasteiger partial charge is 0.465 e. The van der Waals surface area contributed by atoms with Crippen LogP contribution in [-0.2, 0) is 14.3 Å². The number of nitrogens with zero attached hydrogens (tertiary/aromatic N) is 2. The number of hydrogen-bond donors (Lipinski definition) is 0. The molecule has 0 bridgehead atoms. The first kappa shape index (κ1) is 26.6. The summed E-state index contributed by atoms with van der Waals surface area (Å²) < 4.78 is 18.9. The van der Waals surface area contributed by atoms with Crippen LogP contribution in [0.3, 0.4) is 0 Å². The van der Waals surface area contributed by atoms with Crippen LogP contribution in [0.2, 0.25) is 0 Å². The number of halogens is 1. The van der Waals surface area contributed by atoms with E-state index in [1.54, 1.807) is 56.3 Å². The molecule has 0 N–H and O–H groups in total. The van der Waals surface area contributed by atoms with Crippen molar-refractivity contribution < 1.29 is 23.5 Å². The average molecular weight is 607 g/mol. The van der Waals surface area contributed by atoms with Crippen molar-refractivity contribution >= 4 is 45.3 Å². The van der Waals surface area contributed by atoms with Gasteiger partial charge in [0, 0.05) is 16.1 Å². The van der Waals surface area contributed by atoms with Gasteiger partial charge in [-0.2, -0.15) is 0 Å². The number of esters is 2. The molecule has 1 atom stereocenters. The van der Waals surface area contributed by atoms with Crippen molar-refractivity contribution in [3.05, 3.63) is 113 Å². The maximum atomic E-state index is 13.7. The number of carbonyl (C=O) groups is 2. The second-order valence-electron chi connectivity index (χ2n) is 8.62. The van der Waals surface area contributed by atoms with Crippen LogP contribution < -0.4 is 14.9 Å². The van der Waals surface area contributed by atoms with Crippen molar-refractivity contribution in [2.24, 2.45) is 4.99 Å². The minimum Gasteiger partial charge on any atom is -0.465 e. The zero-order valence-electron chi connectivity index (χ0n) is 21.3. The van der Waals surface area contributed by atoms with Crippen LogP contribution in [0.15, 0.2) is 90.6 Å². The lowest BCUT2D eigenvalue weighted by Crippen LogP contribution is -2.39. The van der Waals surface area contributed by atoms with E-state index in [0.29, 0.717) is 37.7 Å². The lowest BCUT2D eigenvalue weighted by Gasteiger charge is -2.24. The zero-order chi connectivity index (χ0) is 27.7. The van der Waals surface area contributed by atoms with Gasteiger partial charge in [-0.3, -0.25) is 9.36 Å². The van der Waals surface area contributed by atoms with E-state index in [0.717, 1.165) is 15.6 Å². The number of aromatic nitrogens is 1. The highest BCUT2D eigenvalue weighted by atomic mass is 79.9. The highest BCUT2D eigenvalue weighted by Crippen LogP contribution is 2.31. The number of thiazole rings is 1. The summed E-state index contributed by atoms with van der Waals surface area (Å²) in [6.07, 6.45) is 1.66. The second-order valence-corrected chi connectivity index (χ2v) is 10.5. The van der Waals surface area contributed by atoms with Crippen LogP contribution in [0.25, 0.3) is 17.4 Å². The third-order valence-electron chi connectivity index (χ3n) is 6.19. The van der Waals surface area contributed by atoms with Crippen LogP contribution in [0.4, 0.5) is 0 Å². The van der Waals surface area contributed by atoms with Crippen LogP contribution in [0.5, 0.6) is 0 Å². The summed E-state index contributed by atoms with van der Waals surface area (Å²) in [4.78, 5) is 43.5. The van der Waals surface area contributed by atoms with Crippen LogP contribution in [0.1, 0.15) is 41.6 Å². The van der Waals surface area contributed by atoms with Crippen LogP contribution in [-0.4, -0.2) is 30.2 Å². The number of methoxy groups -OCH3 is 1. The van der Waals surface area contributed by atoms with Gasteiger partial charge < -0.3 is 13.9 Å². The molecule has 0 fully saturated rings. The van der Waals surface area contributed by atoms with E-state index in [1.807, 2.05) is 24.3 Å². The fraction of sp³-hybridized carbons (Fsp3) is 0.172. The molecule has 0 aliphatic carbocycles. The Bertz CT molecular complexity index is 1780. The molecule has 1 aliphatic rings. The maximum absolute atomic E-state index is 13.7. The van der Waals surface area contributed by atoms with Crippen molar-refractivity contribution in [1.82, 2.24) is 4.57 Å². The quantitative estimate of drug-likeness (QED) is 0.297. The predicted molar refractivity (Wildman–Crippen MR) is 150 cm³/mol. The summed E-state index contributed by atoms with van der Waals surface area (Å²) in [5.41, 5.74) is 2.51. The lowest BCUT2D eigenvalue weighted by atomic mass is 9.96. The number of fused-ring (bicyclic) bond motifs is 1. The van der Waals surface area contributed by atoms with Crippen molar-refractivity contribution in [1.29, 1.82) is 0 Å². The Morgan fingerprint density at radius 3 is 2.46 bits per heavy atom. The van der Waals surface area contributed by atoms with E-state index in [9.17, 15) is 14.4 Å². The Kier molecular flexibility index (Phi) is 7.49. The smallest absolute Gasteiger partial charge is 0.338 e. The zero-order valence-corrected chi connectivity index (χ0v) is 23.7. The number of allylic oxidation sites excluding steroid dienone is 1. The van der Waals surface area contributed by atoms with Gasteiger partial charge in [0.25, 0.3) is 5.56 Å². The van der Waals surface area contributed by atoms with Gasteiger partial charge in [-0.25, -0.2) is 14.6 Å². The molecule has 3 heterocycles. The maximum Gasteiger partial charge on any atom is 0.338 e. The van der Waals surface area contributed by atoms with Gasteiger partial charge >= 0.3 is 11.9 Å². The molecule has 198 valence electrons. The average Bonchev–Trinajstić information content (AvgIpc) is 3.52. The topological polar surface area (TPSA) is 100 Å². The second kappa shape index (κ2) is 11.0. The normalized spacial score (nSPS) is 15.1. The molecule has 10 heteroatoms. The summed E-state index contributed by atoms with van der Waals surface area (Å²) in [6.45, 7) is 3.70. The molecule has 2 aromatic carbocycles. The fourth-order valence-corrected chi connectivity index (χ4v) is 5.65. The van der Waals surface area contributed by atoms with E-state index in [1.165, 1.54) is 23.0 Å². The summed E-state index contributed by atoms with van der Waals surface area (Å²) in [5, 5.41) is 0. The molecule has 0 radical (unpaired) electrons. The molecule has 8 nitrogen and oxygen atoms in total. The molecule has 0 spiro atoms. The van der Waals surface area contributed by atoms with Gasteiger partial charge in [-0.05, 0) is 55.8 Å². The SMILES string of the molecule is CCOC(=O)C1=C(C)N=c2s/c(=C\c3ccc(-c4ccc(C(=O)OC)cc4)o3)c(=O)n2[C@@H]1c1ccc(Br)cc1. The first-order chi connectivity index (χ1) is 18.8. The molecule has 0 saturated carbocycles. The Hall–Kier alpha value is -4.02. The summed E-state index contributed by atoms with van der Waals surface area (Å²) in [5.74, 6) is 0.141. The van der Waals surface area contributed by atoms with Crippen molar-refractivity contribution in [2.45, 2.75) is 19.9 Å². The number of hydrogen-bond acceptors (Lipinski definition) is 8. The van der Waals surface area contributed by atoms with E-state index in [2.05, 4.69) is 20.9 Å². The predicted octanol–water partition coefficient (Wildman–Crippen LogP) is 4.61. The van der Waals surface area contributed by atoms with Crippen molar-refractivity contribution in [3.63, 3.8) is 0 Å². The molecular weight excluding hydrogens is 584 g/mol. The lowest BCUT2D eigenvalue weighted by molar-refractivity contribution is -0.139. The van der Waals surface area contributed by atoms with Gasteiger partial charge in [-0.1, -0.05) is 51.5 Å². The first-order valence-corrected chi connectivity index (χ1v) is 13.7. The Balaban J connectivity index is 1.57. The Morgan fingerprint density at radius 2 is 1.79 bits per heavy atom. The molecule has 39 heavy (non-hydrogen) atoms. The highest BCUT2D eigenvalue weighted by Gasteiger charge is 2.33. The van der Waals surface area contributed by atoms with Crippen LogP contribution in [0, 0.1) is 0 Å². The first-order valence-electron chi connectivity index (χ1n) is 12.0. The molecule has 5 rings (SSSR count). The van der Waals surface area contributed by atoms with Crippen LogP contribution >= 0.6 is 27.3 Å². The van der Waals surface area contributed by atoms with E-state index >= 15 is 0 Å².